The Balaban J connectivity index is 1.67. The molecule has 0 saturated carbocycles. The van der Waals surface area contributed by atoms with Crippen molar-refractivity contribution in [3.8, 4) is 16.3 Å². The van der Waals surface area contributed by atoms with Gasteiger partial charge in [0.15, 0.2) is 0 Å². The summed E-state index contributed by atoms with van der Waals surface area (Å²) in [5.74, 6) is 0.946. The molecule has 1 N–H and O–H groups in total. The van der Waals surface area contributed by atoms with Gasteiger partial charge in [-0.15, -0.1) is 11.3 Å². The van der Waals surface area contributed by atoms with Gasteiger partial charge in [0.1, 0.15) is 16.9 Å². The number of rotatable bonds is 3. The number of nitrogens with zero attached hydrogens (tertiary/aromatic N) is 1. The van der Waals surface area contributed by atoms with Gasteiger partial charge >= 0.3 is 0 Å². The molecule has 1 aromatic heterocycles. The summed E-state index contributed by atoms with van der Waals surface area (Å²) < 4.78 is 7.22. The molecule has 2 aromatic carbocycles. The molecule has 0 aliphatic carbocycles. The van der Waals surface area contributed by atoms with E-state index in [1.54, 1.807) is 11.3 Å². The first-order valence-electron chi connectivity index (χ1n) is 7.63. The van der Waals surface area contributed by atoms with Gasteiger partial charge in [-0.1, -0.05) is 24.3 Å². The lowest BCUT2D eigenvalue weighted by Crippen LogP contribution is -2.19. The van der Waals surface area contributed by atoms with Crippen LogP contribution in [0.4, 0.5) is 0 Å². The van der Waals surface area contributed by atoms with E-state index in [1.807, 2.05) is 6.07 Å². The Morgan fingerprint density at radius 2 is 2.14 bits per heavy atom. The summed E-state index contributed by atoms with van der Waals surface area (Å²) in [6, 6.07) is 14.6. The van der Waals surface area contributed by atoms with E-state index in [0.29, 0.717) is 6.10 Å². The fourth-order valence-corrected chi connectivity index (χ4v) is 3.91. The number of ether oxygens (including phenoxy) is 1. The molecule has 4 rings (SSSR count). The van der Waals surface area contributed by atoms with Crippen molar-refractivity contribution in [2.24, 2.45) is 0 Å². The highest BCUT2D eigenvalue weighted by atomic mass is 32.1. The topological polar surface area (TPSA) is 34.1 Å². The first-order valence-corrected chi connectivity index (χ1v) is 8.45. The highest BCUT2D eigenvalue weighted by Gasteiger charge is 2.16. The SMILES string of the molecule is Cc1ccccc1-c1nc2ccc(OC3CCNC3)cc2s1. The molecule has 1 atom stereocenters. The van der Waals surface area contributed by atoms with E-state index in [1.165, 1.54) is 15.8 Å². The predicted octanol–water partition coefficient (Wildman–Crippen LogP) is 4.01. The lowest BCUT2D eigenvalue weighted by molar-refractivity contribution is 0.223. The van der Waals surface area contributed by atoms with Crippen molar-refractivity contribution >= 4 is 21.6 Å². The molecule has 0 radical (unpaired) electrons. The Bertz CT molecular complexity index is 806. The minimum absolute atomic E-state index is 0.293. The van der Waals surface area contributed by atoms with E-state index in [-0.39, 0.29) is 0 Å². The molecule has 3 aromatic rings. The minimum atomic E-state index is 0.293. The molecule has 1 aliphatic rings. The van der Waals surface area contributed by atoms with Gasteiger partial charge < -0.3 is 10.1 Å². The number of fused-ring (bicyclic) bond motifs is 1. The Hall–Kier alpha value is -1.91. The zero-order chi connectivity index (χ0) is 14.9. The van der Waals surface area contributed by atoms with Crippen LogP contribution in [0.1, 0.15) is 12.0 Å². The van der Waals surface area contributed by atoms with Crippen LogP contribution in [0.15, 0.2) is 42.5 Å². The smallest absolute Gasteiger partial charge is 0.124 e. The van der Waals surface area contributed by atoms with Gasteiger partial charge in [-0.2, -0.15) is 0 Å². The summed E-state index contributed by atoms with van der Waals surface area (Å²) in [4.78, 5) is 4.77. The second kappa shape index (κ2) is 5.71. The van der Waals surface area contributed by atoms with Crippen LogP contribution in [0, 0.1) is 6.92 Å². The maximum Gasteiger partial charge on any atom is 0.124 e. The van der Waals surface area contributed by atoms with Crippen LogP contribution in [-0.4, -0.2) is 24.2 Å². The van der Waals surface area contributed by atoms with Crippen LogP contribution >= 0.6 is 11.3 Å². The van der Waals surface area contributed by atoms with Gasteiger partial charge in [-0.05, 0) is 43.7 Å². The second-order valence-electron chi connectivity index (χ2n) is 5.70. The molecular weight excluding hydrogens is 292 g/mol. The molecule has 3 nitrogen and oxygen atoms in total. The molecule has 0 bridgehead atoms. The van der Waals surface area contributed by atoms with Crippen molar-refractivity contribution in [2.75, 3.05) is 13.1 Å². The average molecular weight is 310 g/mol. The van der Waals surface area contributed by atoms with Crippen LogP contribution < -0.4 is 10.1 Å². The average Bonchev–Trinajstić information content (AvgIpc) is 3.16. The van der Waals surface area contributed by atoms with E-state index >= 15 is 0 Å². The fraction of sp³-hybridized carbons (Fsp3) is 0.278. The van der Waals surface area contributed by atoms with Crippen molar-refractivity contribution in [3.63, 3.8) is 0 Å². The third-order valence-electron chi connectivity index (χ3n) is 4.05. The highest BCUT2D eigenvalue weighted by molar-refractivity contribution is 7.21. The first kappa shape index (κ1) is 13.7. The largest absolute Gasteiger partial charge is 0.489 e. The van der Waals surface area contributed by atoms with E-state index in [9.17, 15) is 0 Å². The molecular formula is C18H18N2OS. The fourth-order valence-electron chi connectivity index (χ4n) is 2.83. The third-order valence-corrected chi connectivity index (χ3v) is 5.10. The molecule has 1 fully saturated rings. The first-order chi connectivity index (χ1) is 10.8. The number of hydrogen-bond acceptors (Lipinski definition) is 4. The minimum Gasteiger partial charge on any atom is -0.489 e. The number of thiazole rings is 1. The molecule has 1 saturated heterocycles. The zero-order valence-corrected chi connectivity index (χ0v) is 13.3. The number of benzene rings is 2. The van der Waals surface area contributed by atoms with Crippen LogP contribution in [0.2, 0.25) is 0 Å². The molecule has 112 valence electrons. The summed E-state index contributed by atoms with van der Waals surface area (Å²) >= 11 is 1.73. The maximum atomic E-state index is 6.04. The lowest BCUT2D eigenvalue weighted by atomic mass is 10.1. The molecule has 22 heavy (non-hydrogen) atoms. The van der Waals surface area contributed by atoms with Crippen molar-refractivity contribution < 1.29 is 4.74 Å². The number of aromatic nitrogens is 1. The number of hydrogen-bond donors (Lipinski definition) is 1. The summed E-state index contributed by atoms with van der Waals surface area (Å²) in [7, 11) is 0. The van der Waals surface area contributed by atoms with E-state index in [4.69, 9.17) is 9.72 Å². The van der Waals surface area contributed by atoms with Gasteiger partial charge in [-0.3, -0.25) is 0 Å². The number of nitrogens with one attached hydrogen (secondary N) is 1. The standard InChI is InChI=1S/C18H18N2OS/c1-12-4-2-3-5-15(12)18-20-16-7-6-13(10-17(16)22-18)21-14-8-9-19-11-14/h2-7,10,14,19H,8-9,11H2,1H3. The zero-order valence-electron chi connectivity index (χ0n) is 12.5. The monoisotopic (exact) mass is 310 g/mol. The van der Waals surface area contributed by atoms with Crippen molar-refractivity contribution in [3.05, 3.63) is 48.0 Å². The molecule has 0 spiro atoms. The van der Waals surface area contributed by atoms with E-state index in [0.717, 1.165) is 35.8 Å². The van der Waals surface area contributed by atoms with Crippen molar-refractivity contribution in [1.29, 1.82) is 0 Å². The van der Waals surface area contributed by atoms with Crippen LogP contribution in [0.25, 0.3) is 20.8 Å². The number of aryl methyl sites for hydroxylation is 1. The molecule has 0 amide bonds. The Labute approximate surface area is 134 Å². The van der Waals surface area contributed by atoms with Gasteiger partial charge in [0.05, 0.1) is 10.2 Å². The van der Waals surface area contributed by atoms with Gasteiger partial charge in [0.25, 0.3) is 0 Å². The second-order valence-corrected chi connectivity index (χ2v) is 6.73. The Kier molecular flexibility index (Phi) is 3.56. The van der Waals surface area contributed by atoms with Gasteiger partial charge in [0.2, 0.25) is 0 Å². The normalized spacial score (nSPS) is 18.0. The molecule has 1 aliphatic heterocycles. The molecule has 4 heteroatoms. The quantitative estimate of drug-likeness (QED) is 0.793. The van der Waals surface area contributed by atoms with Crippen molar-refractivity contribution in [2.45, 2.75) is 19.4 Å². The van der Waals surface area contributed by atoms with Crippen LogP contribution in [0.5, 0.6) is 5.75 Å². The summed E-state index contributed by atoms with van der Waals surface area (Å²) in [5.41, 5.74) is 3.52. The van der Waals surface area contributed by atoms with Gasteiger partial charge in [0, 0.05) is 12.1 Å². The lowest BCUT2D eigenvalue weighted by Gasteiger charge is -2.11. The third kappa shape index (κ3) is 2.60. The Morgan fingerprint density at radius 3 is 2.95 bits per heavy atom. The summed E-state index contributed by atoms with van der Waals surface area (Å²) in [5, 5.41) is 4.40. The van der Waals surface area contributed by atoms with Crippen molar-refractivity contribution in [1.82, 2.24) is 10.3 Å². The predicted molar refractivity (Wildman–Crippen MR) is 91.7 cm³/mol. The molecule has 2 heterocycles. The van der Waals surface area contributed by atoms with E-state index < -0.39 is 0 Å². The molecule has 1 unspecified atom stereocenters. The van der Waals surface area contributed by atoms with Crippen LogP contribution in [-0.2, 0) is 0 Å². The van der Waals surface area contributed by atoms with Crippen LogP contribution in [0.3, 0.4) is 0 Å². The van der Waals surface area contributed by atoms with Gasteiger partial charge in [-0.25, -0.2) is 4.98 Å². The maximum absolute atomic E-state index is 6.04. The summed E-state index contributed by atoms with van der Waals surface area (Å²) in [6.45, 7) is 4.11. The highest BCUT2D eigenvalue weighted by Crippen LogP contribution is 2.34. The Morgan fingerprint density at radius 1 is 1.23 bits per heavy atom. The summed E-state index contributed by atoms with van der Waals surface area (Å²) in [6.07, 6.45) is 1.37. The van der Waals surface area contributed by atoms with E-state index in [2.05, 4.69) is 48.6 Å².